The molecule has 1 aromatic carbocycles. The first kappa shape index (κ1) is 21.3. The lowest BCUT2D eigenvalue weighted by Gasteiger charge is -2.24. The third-order valence-electron chi connectivity index (χ3n) is 5.67. The van der Waals surface area contributed by atoms with Crippen molar-refractivity contribution in [1.29, 1.82) is 0 Å². The maximum absolute atomic E-state index is 13.1. The van der Waals surface area contributed by atoms with E-state index in [0.29, 0.717) is 45.7 Å². The average molecular weight is 483 g/mol. The van der Waals surface area contributed by atoms with Crippen LogP contribution in [0.25, 0.3) is 11.4 Å². The highest BCUT2D eigenvalue weighted by molar-refractivity contribution is 7.18. The summed E-state index contributed by atoms with van der Waals surface area (Å²) in [5.41, 5.74) is 0.925. The van der Waals surface area contributed by atoms with E-state index in [-0.39, 0.29) is 23.0 Å². The average Bonchev–Trinajstić information content (AvgIpc) is 3.36. The Morgan fingerprint density at radius 2 is 1.82 bits per heavy atom. The highest BCUT2D eigenvalue weighted by atomic mass is 35.5. The van der Waals surface area contributed by atoms with E-state index in [1.807, 2.05) is 0 Å². The number of benzene rings is 1. The Bertz CT molecular complexity index is 1460. The molecule has 1 aliphatic heterocycles. The Morgan fingerprint density at radius 1 is 1.06 bits per heavy atom. The molecular weight excluding hydrogens is 464 g/mol. The van der Waals surface area contributed by atoms with Crippen LogP contribution in [0.15, 0.2) is 70.4 Å². The molecule has 0 bridgehead atoms. The van der Waals surface area contributed by atoms with Crippen LogP contribution in [0, 0.1) is 0 Å². The highest BCUT2D eigenvalue weighted by Gasteiger charge is 2.31. The molecule has 0 aliphatic carbocycles. The number of halogens is 1. The molecule has 0 fully saturated rings. The van der Waals surface area contributed by atoms with Crippen molar-refractivity contribution in [2.75, 3.05) is 0 Å². The number of hydrogen-bond acceptors (Lipinski definition) is 5. The molecule has 4 aromatic rings. The summed E-state index contributed by atoms with van der Waals surface area (Å²) in [7, 11) is 0. The number of thiophene rings is 1. The summed E-state index contributed by atoms with van der Waals surface area (Å²) in [4.78, 5) is 38.3. The number of hydrogen-bond donors (Lipinski definition) is 2. The van der Waals surface area contributed by atoms with Gasteiger partial charge in [-0.25, -0.2) is 9.36 Å². The third kappa shape index (κ3) is 3.79. The van der Waals surface area contributed by atoms with Gasteiger partial charge in [0.2, 0.25) is 5.88 Å². The molecule has 1 aliphatic rings. The summed E-state index contributed by atoms with van der Waals surface area (Å²) >= 11 is 7.10. The number of fused-ring (bicyclic) bond motifs is 1. The molecule has 3 aromatic heterocycles. The largest absolute Gasteiger partial charge is 0.493 e. The van der Waals surface area contributed by atoms with Gasteiger partial charge in [-0.3, -0.25) is 18.7 Å². The predicted molar refractivity (Wildman–Crippen MR) is 126 cm³/mol. The van der Waals surface area contributed by atoms with Crippen molar-refractivity contribution >= 4 is 28.8 Å². The molecule has 33 heavy (non-hydrogen) atoms. The van der Waals surface area contributed by atoms with Crippen molar-refractivity contribution in [3.8, 4) is 17.3 Å². The second kappa shape index (κ2) is 8.42. The molecule has 8 nitrogen and oxygen atoms in total. The van der Waals surface area contributed by atoms with Gasteiger partial charge < -0.3 is 10.4 Å². The monoisotopic (exact) mass is 482 g/mol. The smallest absolute Gasteiger partial charge is 0.335 e. The van der Waals surface area contributed by atoms with Gasteiger partial charge in [0.05, 0.1) is 20.9 Å². The number of pyridine rings is 1. The summed E-state index contributed by atoms with van der Waals surface area (Å²) in [6, 6.07) is 14.4. The normalized spacial score (nSPS) is 15.2. The van der Waals surface area contributed by atoms with Crippen LogP contribution in [-0.2, 0) is 6.54 Å². The van der Waals surface area contributed by atoms with Crippen LogP contribution in [0.1, 0.15) is 34.2 Å². The van der Waals surface area contributed by atoms with Crippen LogP contribution in [0.3, 0.4) is 0 Å². The Kier molecular flexibility index (Phi) is 5.43. The zero-order chi connectivity index (χ0) is 23.1. The Labute approximate surface area is 196 Å². The van der Waals surface area contributed by atoms with Crippen LogP contribution in [0.5, 0.6) is 5.88 Å². The first-order chi connectivity index (χ1) is 15.9. The van der Waals surface area contributed by atoms with Crippen LogP contribution in [-0.4, -0.2) is 24.7 Å². The van der Waals surface area contributed by atoms with Gasteiger partial charge in [-0.05, 0) is 55.3 Å². The van der Waals surface area contributed by atoms with Crippen LogP contribution >= 0.6 is 22.9 Å². The minimum atomic E-state index is -0.511. The van der Waals surface area contributed by atoms with E-state index in [1.165, 1.54) is 31.1 Å². The van der Waals surface area contributed by atoms with Crippen LogP contribution < -0.4 is 16.6 Å². The molecule has 4 heterocycles. The van der Waals surface area contributed by atoms with Gasteiger partial charge in [-0.15, -0.1) is 11.3 Å². The van der Waals surface area contributed by atoms with E-state index in [2.05, 4.69) is 5.32 Å². The van der Waals surface area contributed by atoms with Gasteiger partial charge in [0, 0.05) is 24.5 Å². The summed E-state index contributed by atoms with van der Waals surface area (Å²) in [5.74, 6) is -0.513. The lowest BCUT2D eigenvalue weighted by molar-refractivity contribution is 0.0932. The van der Waals surface area contributed by atoms with E-state index >= 15 is 0 Å². The fraction of sp³-hybridized carbons (Fsp3) is 0.174. The molecular formula is C23H19ClN4O4S. The van der Waals surface area contributed by atoms with E-state index in [9.17, 15) is 19.5 Å². The number of imidazole rings is 1. The molecule has 1 amide bonds. The van der Waals surface area contributed by atoms with Crippen molar-refractivity contribution in [3.63, 3.8) is 0 Å². The molecule has 0 spiro atoms. The minimum absolute atomic E-state index is 0.171. The molecule has 1 atom stereocenters. The number of aromatic nitrogens is 3. The lowest BCUT2D eigenvalue weighted by Crippen LogP contribution is -2.34. The van der Waals surface area contributed by atoms with Gasteiger partial charge in [-0.2, -0.15) is 0 Å². The second-order valence-corrected chi connectivity index (χ2v) is 9.39. The van der Waals surface area contributed by atoms with Crippen molar-refractivity contribution in [2.24, 2.45) is 0 Å². The first-order valence-electron chi connectivity index (χ1n) is 10.3. The van der Waals surface area contributed by atoms with Gasteiger partial charge in [0.25, 0.3) is 11.5 Å². The van der Waals surface area contributed by atoms with Gasteiger partial charge >= 0.3 is 5.69 Å². The van der Waals surface area contributed by atoms with E-state index in [4.69, 9.17) is 11.6 Å². The number of nitrogens with one attached hydrogen (secondary N) is 1. The Balaban J connectivity index is 1.49. The Morgan fingerprint density at radius 3 is 2.52 bits per heavy atom. The first-order valence-corrected chi connectivity index (χ1v) is 11.5. The number of nitrogens with zero attached hydrogens (tertiary/aromatic N) is 3. The fourth-order valence-electron chi connectivity index (χ4n) is 4.14. The summed E-state index contributed by atoms with van der Waals surface area (Å²) in [5, 5.41) is 13.9. The van der Waals surface area contributed by atoms with E-state index in [1.54, 1.807) is 54.7 Å². The third-order valence-corrected chi connectivity index (χ3v) is 6.90. The standard InChI is InChI=1S/C23H19ClN4O4S/c24-18-11-10-17(33-18)21(30)25-16-4-3-13-27-20(16)22(31)28(23(27)32)15-8-6-14(7-9-15)26-12-2-1-5-19(26)29/h1-2,5-12,16,31H,3-4,13H2,(H,25,30)/t16-/m1/s1. The molecule has 168 valence electrons. The number of amides is 1. The van der Waals surface area contributed by atoms with Crippen molar-refractivity contribution in [3.05, 3.63) is 96.5 Å². The lowest BCUT2D eigenvalue weighted by atomic mass is 10.0. The molecule has 2 N–H and O–H groups in total. The molecule has 0 saturated carbocycles. The zero-order valence-corrected chi connectivity index (χ0v) is 18.8. The highest BCUT2D eigenvalue weighted by Crippen LogP contribution is 2.33. The topological polar surface area (TPSA) is 98.3 Å². The predicted octanol–water partition coefficient (Wildman–Crippen LogP) is 3.48. The fourth-order valence-corrected chi connectivity index (χ4v) is 5.09. The van der Waals surface area contributed by atoms with Crippen LogP contribution in [0.4, 0.5) is 0 Å². The van der Waals surface area contributed by atoms with Crippen LogP contribution in [0.2, 0.25) is 4.34 Å². The number of aromatic hydroxyl groups is 1. The number of rotatable bonds is 4. The van der Waals surface area contributed by atoms with Crippen molar-refractivity contribution in [2.45, 2.75) is 25.4 Å². The summed E-state index contributed by atoms with van der Waals surface area (Å²) < 4.78 is 4.72. The Hall–Kier alpha value is -3.56. The second-order valence-electron chi connectivity index (χ2n) is 7.68. The molecule has 5 rings (SSSR count). The quantitative estimate of drug-likeness (QED) is 0.465. The summed E-state index contributed by atoms with van der Waals surface area (Å²) in [6.45, 7) is 0.448. The SMILES string of the molecule is O=C(N[C@@H]1CCCn2c1c(O)n(-c1ccc(-n3ccccc3=O)cc1)c2=O)c1ccc(Cl)s1. The maximum Gasteiger partial charge on any atom is 0.335 e. The molecule has 0 unspecified atom stereocenters. The van der Waals surface area contributed by atoms with Gasteiger partial charge in [-0.1, -0.05) is 17.7 Å². The van der Waals surface area contributed by atoms with Gasteiger partial charge in [0.1, 0.15) is 5.69 Å². The molecule has 0 radical (unpaired) electrons. The number of carbonyl (C=O) groups excluding carboxylic acids is 1. The van der Waals surface area contributed by atoms with E-state index < -0.39 is 6.04 Å². The van der Waals surface area contributed by atoms with Gasteiger partial charge in [0.15, 0.2) is 0 Å². The molecule has 0 saturated heterocycles. The zero-order valence-electron chi connectivity index (χ0n) is 17.3. The minimum Gasteiger partial charge on any atom is -0.493 e. The molecule has 10 heteroatoms. The van der Waals surface area contributed by atoms with Crippen molar-refractivity contribution < 1.29 is 9.90 Å². The number of carbonyl (C=O) groups is 1. The maximum atomic E-state index is 13.1. The van der Waals surface area contributed by atoms with E-state index in [0.717, 1.165) is 0 Å². The van der Waals surface area contributed by atoms with Crippen molar-refractivity contribution in [1.82, 2.24) is 19.0 Å². The summed E-state index contributed by atoms with van der Waals surface area (Å²) in [6.07, 6.45) is 2.94.